The number of sulfonamides is 1. The molecule has 9 nitrogen and oxygen atoms in total. The average molecular weight is 454 g/mol. The van der Waals surface area contributed by atoms with Crippen LogP contribution in [0.3, 0.4) is 0 Å². The highest BCUT2D eigenvalue weighted by molar-refractivity contribution is 7.89. The summed E-state index contributed by atoms with van der Waals surface area (Å²) in [7, 11) is -1.78. The second-order valence-electron chi connectivity index (χ2n) is 7.92. The van der Waals surface area contributed by atoms with Crippen LogP contribution in [-0.2, 0) is 10.0 Å². The first kappa shape index (κ1) is 22.1. The van der Waals surface area contributed by atoms with Crippen molar-refractivity contribution in [1.82, 2.24) is 24.2 Å². The molecule has 2 N–H and O–H groups in total. The van der Waals surface area contributed by atoms with Crippen LogP contribution in [0.4, 0.5) is 17.6 Å². The molecule has 0 radical (unpaired) electrons. The van der Waals surface area contributed by atoms with Crippen LogP contribution in [0, 0.1) is 13.8 Å². The van der Waals surface area contributed by atoms with Crippen LogP contribution in [0.15, 0.2) is 47.8 Å². The minimum Gasteiger partial charge on any atom is -0.373 e. The van der Waals surface area contributed by atoms with Gasteiger partial charge in [-0.3, -0.25) is 0 Å². The van der Waals surface area contributed by atoms with Crippen molar-refractivity contribution in [1.29, 1.82) is 0 Å². The number of aromatic nitrogens is 4. The lowest BCUT2D eigenvalue weighted by molar-refractivity contribution is 0.312. The van der Waals surface area contributed by atoms with Gasteiger partial charge >= 0.3 is 0 Å². The average Bonchev–Trinajstić information content (AvgIpc) is 2.81. The van der Waals surface area contributed by atoms with E-state index in [-0.39, 0.29) is 5.92 Å². The summed E-state index contributed by atoms with van der Waals surface area (Å²) in [6, 6.07) is 8.91. The van der Waals surface area contributed by atoms with E-state index in [1.165, 1.54) is 6.33 Å². The Morgan fingerprint density at radius 1 is 1.03 bits per heavy atom. The van der Waals surface area contributed by atoms with Crippen LogP contribution < -0.4 is 10.6 Å². The van der Waals surface area contributed by atoms with E-state index in [0.717, 1.165) is 29.7 Å². The van der Waals surface area contributed by atoms with Gasteiger partial charge in [0.1, 0.15) is 18.0 Å². The third-order valence-corrected chi connectivity index (χ3v) is 7.62. The highest BCUT2D eigenvalue weighted by Crippen LogP contribution is 2.30. The van der Waals surface area contributed by atoms with E-state index >= 15 is 0 Å². The van der Waals surface area contributed by atoms with E-state index in [9.17, 15) is 8.42 Å². The first-order valence-electron chi connectivity index (χ1n) is 10.5. The van der Waals surface area contributed by atoms with Gasteiger partial charge < -0.3 is 10.6 Å². The largest absolute Gasteiger partial charge is 0.373 e. The molecule has 1 atom stereocenters. The fourth-order valence-corrected chi connectivity index (χ4v) is 5.37. The van der Waals surface area contributed by atoms with Gasteiger partial charge in [0.15, 0.2) is 0 Å². The summed E-state index contributed by atoms with van der Waals surface area (Å²) in [5, 5.41) is 6.05. The van der Waals surface area contributed by atoms with Crippen molar-refractivity contribution in [3.05, 3.63) is 59.7 Å². The van der Waals surface area contributed by atoms with Crippen molar-refractivity contribution < 1.29 is 8.42 Å². The number of hydrogen-bond donors (Lipinski definition) is 2. The summed E-state index contributed by atoms with van der Waals surface area (Å²) in [5.74, 6) is 1.66. The minimum atomic E-state index is -3.56. The molecule has 1 saturated heterocycles. The highest BCUT2D eigenvalue weighted by atomic mass is 32.2. The van der Waals surface area contributed by atoms with Crippen LogP contribution in [0.2, 0.25) is 0 Å². The zero-order chi connectivity index (χ0) is 22.7. The van der Waals surface area contributed by atoms with E-state index in [1.54, 1.807) is 35.7 Å². The van der Waals surface area contributed by atoms with Crippen molar-refractivity contribution in [2.45, 2.75) is 37.5 Å². The molecule has 168 valence electrons. The fourth-order valence-electron chi connectivity index (χ4n) is 3.76. The molecule has 0 spiro atoms. The summed E-state index contributed by atoms with van der Waals surface area (Å²) in [4.78, 5) is 17.5. The minimum absolute atomic E-state index is 0.00751. The molecule has 0 unspecified atom stereocenters. The number of piperidine rings is 1. The second kappa shape index (κ2) is 9.17. The quantitative estimate of drug-likeness (QED) is 0.585. The highest BCUT2D eigenvalue weighted by Gasteiger charge is 2.31. The van der Waals surface area contributed by atoms with Gasteiger partial charge in [-0.1, -0.05) is 6.07 Å². The van der Waals surface area contributed by atoms with Gasteiger partial charge in [0, 0.05) is 38.3 Å². The lowest BCUT2D eigenvalue weighted by atomic mass is 9.96. The van der Waals surface area contributed by atoms with Crippen LogP contribution in [-0.4, -0.2) is 52.8 Å². The number of nitrogens with one attached hydrogen (secondary N) is 2. The molecule has 4 rings (SSSR count). The van der Waals surface area contributed by atoms with E-state index in [2.05, 4.69) is 30.6 Å². The Morgan fingerprint density at radius 3 is 2.62 bits per heavy atom. The molecule has 2 aromatic heterocycles. The van der Waals surface area contributed by atoms with E-state index in [0.29, 0.717) is 35.6 Å². The van der Waals surface area contributed by atoms with E-state index < -0.39 is 10.0 Å². The maximum Gasteiger partial charge on any atom is 0.243 e. The number of hydrogen-bond acceptors (Lipinski definition) is 8. The lowest BCUT2D eigenvalue weighted by Gasteiger charge is -2.31. The molecule has 1 aliphatic heterocycles. The monoisotopic (exact) mass is 453 g/mol. The Morgan fingerprint density at radius 2 is 1.84 bits per heavy atom. The van der Waals surface area contributed by atoms with Gasteiger partial charge in [-0.05, 0) is 56.0 Å². The molecule has 0 bridgehead atoms. The molecule has 0 amide bonds. The van der Waals surface area contributed by atoms with Gasteiger partial charge in [-0.25, -0.2) is 28.4 Å². The third-order valence-electron chi connectivity index (χ3n) is 5.76. The number of rotatable bonds is 6. The Kier molecular flexibility index (Phi) is 6.33. The molecule has 1 aliphatic rings. The molecule has 3 aromatic rings. The molecule has 10 heteroatoms. The summed E-state index contributed by atoms with van der Waals surface area (Å²) in [6.07, 6.45) is 4.78. The first-order valence-corrected chi connectivity index (χ1v) is 12.0. The second-order valence-corrected chi connectivity index (χ2v) is 9.85. The zero-order valence-corrected chi connectivity index (χ0v) is 19.2. The Labute approximate surface area is 188 Å². The van der Waals surface area contributed by atoms with Gasteiger partial charge in [0.05, 0.1) is 10.6 Å². The molecule has 3 heterocycles. The fraction of sp³-hybridized carbons (Fsp3) is 0.364. The molecule has 0 aliphatic carbocycles. The maximum absolute atomic E-state index is 13.3. The van der Waals surface area contributed by atoms with Crippen molar-refractivity contribution >= 4 is 27.6 Å². The summed E-state index contributed by atoms with van der Waals surface area (Å²) in [6.45, 7) is 4.81. The summed E-state index contributed by atoms with van der Waals surface area (Å²) in [5.41, 5.74) is 2.86. The maximum atomic E-state index is 13.3. The Balaban J connectivity index is 1.53. The van der Waals surface area contributed by atoms with Gasteiger partial charge in [0.2, 0.25) is 16.0 Å². The lowest BCUT2D eigenvalue weighted by Crippen LogP contribution is -2.39. The van der Waals surface area contributed by atoms with Crippen molar-refractivity contribution in [2.24, 2.45) is 0 Å². The predicted octanol–water partition coefficient (Wildman–Crippen LogP) is 3.24. The molecule has 0 saturated carbocycles. The predicted molar refractivity (Wildman–Crippen MR) is 124 cm³/mol. The van der Waals surface area contributed by atoms with Crippen LogP contribution >= 0.6 is 0 Å². The molecule has 1 fully saturated rings. The number of nitrogens with zero attached hydrogens (tertiary/aromatic N) is 5. The standard InChI is InChI=1S/C22H27N7O2S/c1-15-6-7-18(11-16(15)2)32(30,31)29-10-4-5-17(13-29)19-8-9-24-22(27-19)28-21-12-20(23-3)25-14-26-21/h6-9,11-12,14,17H,4-5,10,13H2,1-3H3,(H2,23,24,25,26,27,28)/t17-/m0/s1. The van der Waals surface area contributed by atoms with Crippen LogP contribution in [0.25, 0.3) is 0 Å². The van der Waals surface area contributed by atoms with Crippen molar-refractivity contribution in [2.75, 3.05) is 30.8 Å². The number of aryl methyl sites for hydroxylation is 2. The SMILES string of the molecule is CNc1cc(Nc2nccc([C@H]3CCCN(S(=O)(=O)c4ccc(C)c(C)c4)C3)n2)ncn1. The van der Waals surface area contributed by atoms with E-state index in [4.69, 9.17) is 0 Å². The number of benzene rings is 1. The molecule has 32 heavy (non-hydrogen) atoms. The smallest absolute Gasteiger partial charge is 0.243 e. The Hall–Kier alpha value is -3.11. The normalized spacial score (nSPS) is 17.2. The summed E-state index contributed by atoms with van der Waals surface area (Å²) >= 11 is 0. The van der Waals surface area contributed by atoms with Gasteiger partial charge in [0.25, 0.3) is 0 Å². The van der Waals surface area contributed by atoms with Crippen LogP contribution in [0.1, 0.15) is 35.6 Å². The summed E-state index contributed by atoms with van der Waals surface area (Å²) < 4.78 is 28.1. The zero-order valence-electron chi connectivity index (χ0n) is 18.4. The van der Waals surface area contributed by atoms with Gasteiger partial charge in [-0.2, -0.15) is 4.31 Å². The topological polar surface area (TPSA) is 113 Å². The van der Waals surface area contributed by atoms with Gasteiger partial charge in [-0.15, -0.1) is 0 Å². The van der Waals surface area contributed by atoms with Crippen molar-refractivity contribution in [3.63, 3.8) is 0 Å². The third kappa shape index (κ3) is 4.71. The molecular weight excluding hydrogens is 426 g/mol. The first-order chi connectivity index (χ1) is 15.4. The Bertz CT molecular complexity index is 1220. The van der Waals surface area contributed by atoms with Crippen molar-refractivity contribution in [3.8, 4) is 0 Å². The molecule has 1 aromatic carbocycles. The number of anilines is 3. The van der Waals surface area contributed by atoms with E-state index in [1.807, 2.05) is 26.0 Å². The molecular formula is C22H27N7O2S. The van der Waals surface area contributed by atoms with Crippen LogP contribution in [0.5, 0.6) is 0 Å².